The normalized spacial score (nSPS) is 11.1. The molecule has 16 heavy (non-hydrogen) atoms. The van der Waals surface area contributed by atoms with Gasteiger partial charge in [-0.15, -0.1) is 0 Å². The van der Waals surface area contributed by atoms with Crippen molar-refractivity contribution >= 4 is 28.2 Å². The van der Waals surface area contributed by atoms with Crippen molar-refractivity contribution in [3.63, 3.8) is 0 Å². The van der Waals surface area contributed by atoms with Crippen molar-refractivity contribution in [2.75, 3.05) is 5.43 Å². The molecule has 3 N–H and O–H groups in total. The molecule has 4 heteroatoms. The maximum atomic E-state index is 6.13. The molecule has 2 aromatic rings. The number of benzene rings is 1. The van der Waals surface area contributed by atoms with Crippen molar-refractivity contribution in [3.8, 4) is 0 Å². The lowest BCUT2D eigenvalue weighted by Crippen LogP contribution is -2.08. The first-order valence-electron chi connectivity index (χ1n) is 5.19. The smallest absolute Gasteiger partial charge is 0.0912 e. The number of halogens is 1. The van der Waals surface area contributed by atoms with E-state index in [0.717, 1.165) is 22.3 Å². The summed E-state index contributed by atoms with van der Waals surface area (Å²) in [5, 5.41) is 1.59. The third-order valence-corrected chi connectivity index (χ3v) is 2.86. The standard InChI is InChI=1S/C12H14ClN3/c1-7(2)10-6-11(16-14)8-4-3-5-9(13)12(8)15-10/h3-7H,14H2,1-2H3,(H,15,16). The second kappa shape index (κ2) is 4.28. The molecule has 0 aliphatic carbocycles. The average Bonchev–Trinajstić information content (AvgIpc) is 2.28. The maximum absolute atomic E-state index is 6.13. The molecule has 84 valence electrons. The first kappa shape index (κ1) is 11.2. The molecule has 0 spiro atoms. The van der Waals surface area contributed by atoms with E-state index in [4.69, 9.17) is 17.4 Å². The number of nitrogens with two attached hydrogens (primary N) is 1. The van der Waals surface area contributed by atoms with Gasteiger partial charge in [0, 0.05) is 11.1 Å². The highest BCUT2D eigenvalue weighted by molar-refractivity contribution is 6.35. The summed E-state index contributed by atoms with van der Waals surface area (Å²) in [6.45, 7) is 4.18. The van der Waals surface area contributed by atoms with Crippen LogP contribution >= 0.6 is 11.6 Å². The number of pyridine rings is 1. The van der Waals surface area contributed by atoms with Gasteiger partial charge in [0.1, 0.15) is 0 Å². The fraction of sp³-hybridized carbons (Fsp3) is 0.250. The van der Waals surface area contributed by atoms with Crippen LogP contribution in [0.1, 0.15) is 25.5 Å². The van der Waals surface area contributed by atoms with E-state index in [0.29, 0.717) is 10.9 Å². The average molecular weight is 236 g/mol. The van der Waals surface area contributed by atoms with Crippen LogP contribution in [-0.2, 0) is 0 Å². The van der Waals surface area contributed by atoms with Gasteiger partial charge in [0.25, 0.3) is 0 Å². The fourth-order valence-electron chi connectivity index (χ4n) is 1.65. The third-order valence-electron chi connectivity index (χ3n) is 2.56. The number of nitrogen functional groups attached to an aromatic ring is 1. The number of fused-ring (bicyclic) bond motifs is 1. The summed E-state index contributed by atoms with van der Waals surface area (Å²) in [5.41, 5.74) is 5.33. The van der Waals surface area contributed by atoms with E-state index >= 15 is 0 Å². The molecule has 3 nitrogen and oxygen atoms in total. The molecule has 0 radical (unpaired) electrons. The second-order valence-corrected chi connectivity index (χ2v) is 4.44. The number of hydrogen-bond donors (Lipinski definition) is 2. The first-order chi connectivity index (χ1) is 7.63. The highest BCUT2D eigenvalue weighted by Gasteiger charge is 2.09. The van der Waals surface area contributed by atoms with Crippen molar-refractivity contribution in [3.05, 3.63) is 35.0 Å². The van der Waals surface area contributed by atoms with E-state index in [1.165, 1.54) is 0 Å². The van der Waals surface area contributed by atoms with E-state index in [-0.39, 0.29) is 0 Å². The van der Waals surface area contributed by atoms with Crippen molar-refractivity contribution in [2.24, 2.45) is 5.84 Å². The van der Waals surface area contributed by atoms with Crippen LogP contribution in [0.4, 0.5) is 5.69 Å². The van der Waals surface area contributed by atoms with Gasteiger partial charge in [0.2, 0.25) is 0 Å². The summed E-state index contributed by atoms with van der Waals surface area (Å²) in [6, 6.07) is 7.64. The van der Waals surface area contributed by atoms with Crippen molar-refractivity contribution in [2.45, 2.75) is 19.8 Å². The van der Waals surface area contributed by atoms with Crippen LogP contribution in [0.5, 0.6) is 0 Å². The molecule has 0 saturated carbocycles. The molecule has 1 aromatic carbocycles. The first-order valence-corrected chi connectivity index (χ1v) is 5.57. The number of hydrazine groups is 1. The van der Waals surface area contributed by atoms with E-state index in [2.05, 4.69) is 24.3 Å². The minimum absolute atomic E-state index is 0.341. The zero-order valence-corrected chi connectivity index (χ0v) is 10.0. The Balaban J connectivity index is 2.79. The molecule has 0 unspecified atom stereocenters. The van der Waals surface area contributed by atoms with E-state index in [9.17, 15) is 0 Å². The number of nitrogens with zero attached hydrogens (tertiary/aromatic N) is 1. The lowest BCUT2D eigenvalue weighted by atomic mass is 10.1. The van der Waals surface area contributed by atoms with Gasteiger partial charge in [0.05, 0.1) is 16.2 Å². The Bertz CT molecular complexity index is 523. The Morgan fingerprint density at radius 1 is 1.38 bits per heavy atom. The molecular formula is C12H14ClN3. The predicted molar refractivity (Wildman–Crippen MR) is 68.7 cm³/mol. The molecule has 0 atom stereocenters. The zero-order chi connectivity index (χ0) is 11.7. The molecule has 0 bridgehead atoms. The highest BCUT2D eigenvalue weighted by atomic mass is 35.5. The molecule has 1 heterocycles. The van der Waals surface area contributed by atoms with Gasteiger partial charge in [0.15, 0.2) is 0 Å². The molecule has 2 rings (SSSR count). The van der Waals surface area contributed by atoms with Gasteiger partial charge in [-0.05, 0) is 18.1 Å². The largest absolute Gasteiger partial charge is 0.323 e. The molecule has 1 aromatic heterocycles. The Morgan fingerprint density at radius 2 is 2.12 bits per heavy atom. The summed E-state index contributed by atoms with van der Waals surface area (Å²) in [7, 11) is 0. The Labute approximate surface area is 99.6 Å². The highest BCUT2D eigenvalue weighted by Crippen LogP contribution is 2.29. The summed E-state index contributed by atoms with van der Waals surface area (Å²) >= 11 is 6.13. The van der Waals surface area contributed by atoms with Gasteiger partial charge in [-0.25, -0.2) is 0 Å². The van der Waals surface area contributed by atoms with Gasteiger partial charge in [-0.2, -0.15) is 0 Å². The van der Waals surface area contributed by atoms with E-state index in [1.54, 1.807) is 0 Å². The number of anilines is 1. The molecule has 0 aliphatic heterocycles. The lowest BCUT2D eigenvalue weighted by Gasteiger charge is -2.11. The van der Waals surface area contributed by atoms with Crippen LogP contribution in [0.25, 0.3) is 10.9 Å². The van der Waals surface area contributed by atoms with Crippen molar-refractivity contribution in [1.29, 1.82) is 0 Å². The summed E-state index contributed by atoms with van der Waals surface area (Å²) < 4.78 is 0. The predicted octanol–water partition coefficient (Wildman–Crippen LogP) is 3.30. The molecule has 0 fully saturated rings. The minimum Gasteiger partial charge on any atom is -0.323 e. The minimum atomic E-state index is 0.341. The monoisotopic (exact) mass is 235 g/mol. The zero-order valence-electron chi connectivity index (χ0n) is 9.29. The Kier molecular flexibility index (Phi) is 2.99. The van der Waals surface area contributed by atoms with Crippen LogP contribution in [0.3, 0.4) is 0 Å². The van der Waals surface area contributed by atoms with Crippen molar-refractivity contribution in [1.82, 2.24) is 4.98 Å². The number of aromatic nitrogens is 1. The van der Waals surface area contributed by atoms with Gasteiger partial charge in [-0.3, -0.25) is 10.8 Å². The van der Waals surface area contributed by atoms with E-state index < -0.39 is 0 Å². The number of para-hydroxylation sites is 1. The third kappa shape index (κ3) is 1.84. The molecular weight excluding hydrogens is 222 g/mol. The molecule has 0 saturated heterocycles. The Morgan fingerprint density at radius 3 is 2.75 bits per heavy atom. The number of hydrogen-bond acceptors (Lipinski definition) is 3. The van der Waals surface area contributed by atoms with Crippen LogP contribution in [-0.4, -0.2) is 4.98 Å². The Hall–Kier alpha value is -1.32. The van der Waals surface area contributed by atoms with Crippen LogP contribution in [0.2, 0.25) is 5.02 Å². The molecule has 0 amide bonds. The van der Waals surface area contributed by atoms with Gasteiger partial charge in [-0.1, -0.05) is 37.6 Å². The summed E-state index contributed by atoms with van der Waals surface area (Å²) in [6.07, 6.45) is 0. The number of rotatable bonds is 2. The lowest BCUT2D eigenvalue weighted by molar-refractivity contribution is 0.830. The van der Waals surface area contributed by atoms with E-state index in [1.807, 2.05) is 24.3 Å². The maximum Gasteiger partial charge on any atom is 0.0912 e. The molecule has 0 aliphatic rings. The van der Waals surface area contributed by atoms with Crippen LogP contribution in [0.15, 0.2) is 24.3 Å². The fourth-order valence-corrected chi connectivity index (χ4v) is 1.87. The SMILES string of the molecule is CC(C)c1cc(NN)c2cccc(Cl)c2n1. The topological polar surface area (TPSA) is 50.9 Å². The van der Waals surface area contributed by atoms with Gasteiger partial charge >= 0.3 is 0 Å². The quantitative estimate of drug-likeness (QED) is 0.620. The van der Waals surface area contributed by atoms with Crippen LogP contribution in [0, 0.1) is 0 Å². The van der Waals surface area contributed by atoms with Gasteiger partial charge < -0.3 is 5.43 Å². The second-order valence-electron chi connectivity index (χ2n) is 4.03. The number of nitrogens with one attached hydrogen (secondary N) is 1. The summed E-state index contributed by atoms with van der Waals surface area (Å²) in [4.78, 5) is 4.56. The van der Waals surface area contributed by atoms with Crippen molar-refractivity contribution < 1.29 is 0 Å². The van der Waals surface area contributed by atoms with Crippen LogP contribution < -0.4 is 11.3 Å². The summed E-state index contributed by atoms with van der Waals surface area (Å²) in [5.74, 6) is 5.85.